The smallest absolute Gasteiger partial charge is 0.321 e. The van der Waals surface area contributed by atoms with Crippen LogP contribution in [0.4, 0.5) is 0 Å². The van der Waals surface area contributed by atoms with Gasteiger partial charge in [0.1, 0.15) is 6.10 Å². The molecule has 0 aromatic carbocycles. The topological polar surface area (TPSA) is 63.6 Å². The molecule has 0 aromatic heterocycles. The maximum atomic E-state index is 11.2. The molecule has 1 heterocycles. The van der Waals surface area contributed by atoms with E-state index in [1.165, 1.54) is 0 Å². The first-order chi connectivity index (χ1) is 6.20. The summed E-state index contributed by atoms with van der Waals surface area (Å²) < 4.78 is 5.02. The van der Waals surface area contributed by atoms with Gasteiger partial charge in [0.15, 0.2) is 5.92 Å². The van der Waals surface area contributed by atoms with Crippen molar-refractivity contribution in [3.05, 3.63) is 0 Å². The minimum atomic E-state index is -1.03. The maximum Gasteiger partial charge on any atom is 0.321 e. The lowest BCUT2D eigenvalue weighted by atomic mass is 9.80. The Hall–Kier alpha value is -1.06. The minimum absolute atomic E-state index is 0.0706. The molecule has 3 atom stereocenters. The fraction of sp³-hybridized carbons (Fsp3) is 0.778. The predicted octanol–water partition coefficient (Wildman–Crippen LogP) is 0.803. The van der Waals surface area contributed by atoms with Crippen LogP contribution in [0.25, 0.3) is 0 Å². The molecule has 0 spiro atoms. The molecule has 2 fully saturated rings. The normalized spacial score (nSPS) is 38.2. The Morgan fingerprint density at radius 3 is 2.77 bits per heavy atom. The highest BCUT2D eigenvalue weighted by molar-refractivity contribution is 5.95. The van der Waals surface area contributed by atoms with E-state index in [4.69, 9.17) is 9.84 Å². The quantitative estimate of drug-likeness (QED) is 0.483. The third-order valence-corrected chi connectivity index (χ3v) is 2.97. The van der Waals surface area contributed by atoms with Crippen LogP contribution in [-0.2, 0) is 14.3 Å². The highest BCUT2D eigenvalue weighted by atomic mass is 16.6. The standard InChI is InChI=1S/C9H12O4/c10-8(11)7-5-3-1-2-4-6(5)13-9(7)12/h5-7H,1-4H2,(H,10,11). The number of carbonyl (C=O) groups is 2. The zero-order valence-corrected chi connectivity index (χ0v) is 7.23. The van der Waals surface area contributed by atoms with Gasteiger partial charge in [0.05, 0.1) is 0 Å². The van der Waals surface area contributed by atoms with Gasteiger partial charge >= 0.3 is 11.9 Å². The van der Waals surface area contributed by atoms with Crippen molar-refractivity contribution in [1.29, 1.82) is 0 Å². The highest BCUT2D eigenvalue weighted by Crippen LogP contribution is 2.38. The van der Waals surface area contributed by atoms with Gasteiger partial charge in [-0.15, -0.1) is 0 Å². The van der Waals surface area contributed by atoms with E-state index in [0.29, 0.717) is 0 Å². The zero-order chi connectivity index (χ0) is 9.42. The second kappa shape index (κ2) is 3.01. The molecular weight excluding hydrogens is 172 g/mol. The Bertz CT molecular complexity index is 248. The second-order valence-corrected chi connectivity index (χ2v) is 3.74. The number of fused-ring (bicyclic) bond motifs is 1. The summed E-state index contributed by atoms with van der Waals surface area (Å²) in [5.74, 6) is -2.53. The van der Waals surface area contributed by atoms with Crippen molar-refractivity contribution in [1.82, 2.24) is 0 Å². The van der Waals surface area contributed by atoms with Crippen LogP contribution in [-0.4, -0.2) is 23.1 Å². The van der Waals surface area contributed by atoms with E-state index >= 15 is 0 Å². The van der Waals surface area contributed by atoms with Gasteiger partial charge in [-0.05, 0) is 19.3 Å². The molecule has 0 radical (unpaired) electrons. The van der Waals surface area contributed by atoms with Gasteiger partial charge in [0.2, 0.25) is 0 Å². The predicted molar refractivity (Wildman–Crippen MR) is 43.0 cm³/mol. The van der Waals surface area contributed by atoms with Crippen molar-refractivity contribution in [2.45, 2.75) is 31.8 Å². The Labute approximate surface area is 75.9 Å². The molecule has 4 heteroatoms. The first kappa shape index (κ1) is 8.53. The maximum absolute atomic E-state index is 11.2. The van der Waals surface area contributed by atoms with Crippen LogP contribution in [0.5, 0.6) is 0 Å². The Balaban J connectivity index is 2.18. The summed E-state index contributed by atoms with van der Waals surface area (Å²) in [5.41, 5.74) is 0. The van der Waals surface area contributed by atoms with Crippen LogP contribution in [0, 0.1) is 11.8 Å². The van der Waals surface area contributed by atoms with Crippen molar-refractivity contribution >= 4 is 11.9 Å². The summed E-state index contributed by atoms with van der Waals surface area (Å²) in [4.78, 5) is 21.9. The summed E-state index contributed by atoms with van der Waals surface area (Å²) >= 11 is 0. The van der Waals surface area contributed by atoms with E-state index in [0.717, 1.165) is 25.7 Å². The number of esters is 1. The second-order valence-electron chi connectivity index (χ2n) is 3.74. The van der Waals surface area contributed by atoms with Crippen LogP contribution in [0.3, 0.4) is 0 Å². The van der Waals surface area contributed by atoms with Crippen LogP contribution in [0.1, 0.15) is 25.7 Å². The minimum Gasteiger partial charge on any atom is -0.481 e. The molecule has 1 aliphatic heterocycles. The van der Waals surface area contributed by atoms with Gasteiger partial charge in [-0.25, -0.2) is 0 Å². The molecular formula is C9H12O4. The summed E-state index contributed by atoms with van der Waals surface area (Å²) in [7, 11) is 0. The molecule has 13 heavy (non-hydrogen) atoms. The van der Waals surface area contributed by atoms with Gasteiger partial charge in [-0.3, -0.25) is 9.59 Å². The third kappa shape index (κ3) is 1.30. The monoisotopic (exact) mass is 184 g/mol. The van der Waals surface area contributed by atoms with Crippen molar-refractivity contribution < 1.29 is 19.4 Å². The molecule has 0 aromatic rings. The molecule has 2 rings (SSSR count). The SMILES string of the molecule is O=C(O)C1C(=O)OC2CCCCC21. The molecule has 1 N–H and O–H groups in total. The van der Waals surface area contributed by atoms with Crippen LogP contribution in [0.15, 0.2) is 0 Å². The first-order valence-electron chi connectivity index (χ1n) is 4.63. The summed E-state index contributed by atoms with van der Waals surface area (Å²) in [6.45, 7) is 0. The molecule has 0 bridgehead atoms. The van der Waals surface area contributed by atoms with Crippen molar-refractivity contribution in [3.8, 4) is 0 Å². The molecule has 72 valence electrons. The van der Waals surface area contributed by atoms with Gasteiger partial charge in [-0.1, -0.05) is 6.42 Å². The lowest BCUT2D eigenvalue weighted by Gasteiger charge is -2.23. The van der Waals surface area contributed by atoms with E-state index in [1.807, 2.05) is 0 Å². The molecule has 1 aliphatic carbocycles. The average Bonchev–Trinajstić information content (AvgIpc) is 2.39. The number of carboxylic acid groups (broad SMARTS) is 1. The molecule has 4 nitrogen and oxygen atoms in total. The molecule has 1 saturated heterocycles. The van der Waals surface area contributed by atoms with E-state index in [1.54, 1.807) is 0 Å². The lowest BCUT2D eigenvalue weighted by Crippen LogP contribution is -2.29. The molecule has 0 amide bonds. The van der Waals surface area contributed by atoms with Gasteiger partial charge in [-0.2, -0.15) is 0 Å². The van der Waals surface area contributed by atoms with Crippen molar-refractivity contribution in [3.63, 3.8) is 0 Å². The number of hydrogen-bond donors (Lipinski definition) is 1. The molecule has 1 saturated carbocycles. The number of carbonyl (C=O) groups excluding carboxylic acids is 1. The van der Waals surface area contributed by atoms with Crippen LogP contribution in [0.2, 0.25) is 0 Å². The van der Waals surface area contributed by atoms with Crippen LogP contribution < -0.4 is 0 Å². The van der Waals surface area contributed by atoms with Gasteiger partial charge in [0, 0.05) is 5.92 Å². The average molecular weight is 184 g/mol. The molecule has 3 unspecified atom stereocenters. The Morgan fingerprint density at radius 1 is 1.38 bits per heavy atom. The number of ether oxygens (including phenoxy) is 1. The number of carboxylic acids is 1. The van der Waals surface area contributed by atoms with E-state index in [-0.39, 0.29) is 12.0 Å². The Kier molecular flexibility index (Phi) is 1.98. The van der Waals surface area contributed by atoms with E-state index in [2.05, 4.69) is 0 Å². The zero-order valence-electron chi connectivity index (χ0n) is 7.23. The van der Waals surface area contributed by atoms with Crippen LogP contribution >= 0.6 is 0 Å². The number of rotatable bonds is 1. The largest absolute Gasteiger partial charge is 0.481 e. The van der Waals surface area contributed by atoms with Crippen molar-refractivity contribution in [2.75, 3.05) is 0 Å². The summed E-state index contributed by atoms with van der Waals surface area (Å²) in [5, 5.41) is 8.82. The lowest BCUT2D eigenvalue weighted by molar-refractivity contribution is -0.153. The fourth-order valence-electron chi connectivity index (χ4n) is 2.33. The number of aliphatic carboxylic acids is 1. The van der Waals surface area contributed by atoms with E-state index in [9.17, 15) is 9.59 Å². The highest BCUT2D eigenvalue weighted by Gasteiger charge is 2.49. The van der Waals surface area contributed by atoms with Crippen molar-refractivity contribution in [2.24, 2.45) is 11.8 Å². The molecule has 2 aliphatic rings. The Morgan fingerprint density at radius 2 is 2.08 bits per heavy atom. The number of hydrogen-bond acceptors (Lipinski definition) is 3. The first-order valence-corrected chi connectivity index (χ1v) is 4.63. The summed E-state index contributed by atoms with van der Waals surface area (Å²) in [6, 6.07) is 0. The van der Waals surface area contributed by atoms with E-state index < -0.39 is 17.9 Å². The van der Waals surface area contributed by atoms with Gasteiger partial charge < -0.3 is 9.84 Å². The third-order valence-electron chi connectivity index (χ3n) is 2.97. The summed E-state index contributed by atoms with van der Waals surface area (Å²) in [6.07, 6.45) is 3.58. The fourth-order valence-corrected chi connectivity index (χ4v) is 2.33. The van der Waals surface area contributed by atoms with Gasteiger partial charge in [0.25, 0.3) is 0 Å².